The van der Waals surface area contributed by atoms with E-state index in [1.807, 2.05) is 0 Å². The minimum atomic E-state index is -4.65. The fraction of sp³-hybridized carbons (Fsp3) is 0.125. The summed E-state index contributed by atoms with van der Waals surface area (Å²) in [6.07, 6.45) is -4.65. The predicted octanol–water partition coefficient (Wildman–Crippen LogP) is 5.83. The van der Waals surface area contributed by atoms with Crippen LogP contribution in [0.25, 0.3) is 0 Å². The number of halogens is 5. The van der Waals surface area contributed by atoms with Gasteiger partial charge in [0.05, 0.1) is 22.6 Å². The maximum atomic E-state index is 13.3. The monoisotopic (exact) mass is 505 g/mol. The number of anilines is 2. The molecule has 0 atom stereocenters. The summed E-state index contributed by atoms with van der Waals surface area (Å²) in [5.41, 5.74) is 0.418. The highest BCUT2D eigenvalue weighted by Crippen LogP contribution is 2.35. The third-order valence-corrected chi connectivity index (χ3v) is 5.68. The molecule has 3 aromatic rings. The SMILES string of the molecule is O=C(CN1C(=O)CN=C(c2ccccc2Cl)c2cc(Cl)ccc21)Nc1ccccc1C(F)(F)F. The van der Waals surface area contributed by atoms with Crippen molar-refractivity contribution in [2.45, 2.75) is 6.18 Å². The topological polar surface area (TPSA) is 61.8 Å². The molecule has 1 aliphatic heterocycles. The normalized spacial score (nSPS) is 13.7. The van der Waals surface area contributed by atoms with Crippen molar-refractivity contribution in [2.75, 3.05) is 23.3 Å². The molecule has 0 fully saturated rings. The molecule has 0 saturated carbocycles. The smallest absolute Gasteiger partial charge is 0.324 e. The van der Waals surface area contributed by atoms with Gasteiger partial charge in [-0.05, 0) is 36.4 Å². The zero-order valence-electron chi connectivity index (χ0n) is 17.4. The number of nitrogens with one attached hydrogen (secondary N) is 1. The first kappa shape index (κ1) is 23.8. The van der Waals surface area contributed by atoms with Crippen LogP contribution in [0.5, 0.6) is 0 Å². The molecule has 0 spiro atoms. The number of amides is 2. The number of nitrogens with zero attached hydrogens (tertiary/aromatic N) is 2. The Hall–Kier alpha value is -3.36. The van der Waals surface area contributed by atoms with Gasteiger partial charge in [0.15, 0.2) is 0 Å². The van der Waals surface area contributed by atoms with Crippen molar-refractivity contribution in [1.82, 2.24) is 0 Å². The average Bonchev–Trinajstić information content (AvgIpc) is 2.90. The van der Waals surface area contributed by atoms with Gasteiger partial charge < -0.3 is 10.2 Å². The number of alkyl halides is 3. The third kappa shape index (κ3) is 4.93. The Balaban J connectivity index is 1.68. The molecule has 0 radical (unpaired) electrons. The Kier molecular flexibility index (Phi) is 6.63. The number of hydrogen-bond acceptors (Lipinski definition) is 3. The van der Waals surface area contributed by atoms with Crippen molar-refractivity contribution in [3.63, 3.8) is 0 Å². The molecule has 0 saturated heterocycles. The molecule has 2 amide bonds. The molecule has 174 valence electrons. The van der Waals surface area contributed by atoms with E-state index in [1.165, 1.54) is 17.0 Å². The summed E-state index contributed by atoms with van der Waals surface area (Å²) in [5, 5.41) is 3.05. The number of hydrogen-bond donors (Lipinski definition) is 1. The van der Waals surface area contributed by atoms with Crippen molar-refractivity contribution in [3.05, 3.63) is 93.5 Å². The summed E-state index contributed by atoms with van der Waals surface area (Å²) in [6.45, 7) is -0.815. The maximum Gasteiger partial charge on any atom is 0.418 e. The van der Waals surface area contributed by atoms with Gasteiger partial charge in [0.1, 0.15) is 13.1 Å². The lowest BCUT2D eigenvalue weighted by Crippen LogP contribution is -2.39. The molecular weight excluding hydrogens is 490 g/mol. The second-order valence-corrected chi connectivity index (χ2v) is 8.22. The Labute approximate surface area is 202 Å². The van der Waals surface area contributed by atoms with Crippen LogP contribution >= 0.6 is 23.2 Å². The predicted molar refractivity (Wildman–Crippen MR) is 126 cm³/mol. The van der Waals surface area contributed by atoms with E-state index in [0.717, 1.165) is 12.1 Å². The summed E-state index contributed by atoms with van der Waals surface area (Å²) < 4.78 is 39.9. The Morgan fingerprint density at radius 2 is 1.71 bits per heavy atom. The van der Waals surface area contributed by atoms with E-state index in [0.29, 0.717) is 32.6 Å². The third-order valence-electron chi connectivity index (χ3n) is 5.12. The number of benzodiazepines with no additional fused rings is 1. The highest BCUT2D eigenvalue weighted by Gasteiger charge is 2.34. The number of aliphatic imine (C=N–C) groups is 1. The molecule has 4 rings (SSSR count). The lowest BCUT2D eigenvalue weighted by Gasteiger charge is -2.23. The molecular formula is C24H16Cl2F3N3O2. The van der Waals surface area contributed by atoms with Crippen LogP contribution in [0.3, 0.4) is 0 Å². The first-order valence-corrected chi connectivity index (χ1v) is 10.8. The van der Waals surface area contributed by atoms with E-state index < -0.39 is 35.8 Å². The van der Waals surface area contributed by atoms with Crippen molar-refractivity contribution in [3.8, 4) is 0 Å². The number of benzene rings is 3. The van der Waals surface area contributed by atoms with Gasteiger partial charge in [-0.2, -0.15) is 13.2 Å². The number of carbonyl (C=O) groups is 2. The van der Waals surface area contributed by atoms with Crippen LogP contribution in [0.1, 0.15) is 16.7 Å². The van der Waals surface area contributed by atoms with E-state index in [4.69, 9.17) is 23.2 Å². The van der Waals surface area contributed by atoms with Crippen LogP contribution in [0, 0.1) is 0 Å². The van der Waals surface area contributed by atoms with Crippen LogP contribution < -0.4 is 10.2 Å². The van der Waals surface area contributed by atoms with Crippen LogP contribution in [-0.2, 0) is 15.8 Å². The zero-order valence-corrected chi connectivity index (χ0v) is 18.9. The van der Waals surface area contributed by atoms with E-state index in [9.17, 15) is 22.8 Å². The summed E-state index contributed by atoms with van der Waals surface area (Å²) in [5.74, 6) is -1.31. The van der Waals surface area contributed by atoms with Gasteiger partial charge in [0, 0.05) is 21.2 Å². The molecule has 0 unspecified atom stereocenters. The molecule has 0 aliphatic carbocycles. The number of carbonyl (C=O) groups excluding carboxylic acids is 2. The van der Waals surface area contributed by atoms with Crippen molar-refractivity contribution in [1.29, 1.82) is 0 Å². The quantitative estimate of drug-likeness (QED) is 0.484. The van der Waals surface area contributed by atoms with Crippen LogP contribution in [0.2, 0.25) is 10.0 Å². The number of para-hydroxylation sites is 1. The second kappa shape index (κ2) is 9.48. The minimum absolute atomic E-state index is 0.292. The van der Waals surface area contributed by atoms with Gasteiger partial charge in [0.2, 0.25) is 11.8 Å². The highest BCUT2D eigenvalue weighted by molar-refractivity contribution is 6.37. The fourth-order valence-electron chi connectivity index (χ4n) is 3.61. The first-order valence-electron chi connectivity index (χ1n) is 10.0. The standard InChI is InChI=1S/C24H16Cl2F3N3O2/c25-14-9-10-20-16(11-14)23(15-5-1-3-7-18(15)26)30-12-22(34)32(20)13-21(33)31-19-8-4-2-6-17(19)24(27,28)29/h1-11H,12-13H2,(H,31,33). The Morgan fingerprint density at radius 3 is 2.44 bits per heavy atom. The largest absolute Gasteiger partial charge is 0.418 e. The van der Waals surface area contributed by atoms with Crippen molar-refractivity contribution in [2.24, 2.45) is 4.99 Å². The van der Waals surface area contributed by atoms with Gasteiger partial charge in [-0.1, -0.05) is 53.5 Å². The molecule has 0 aromatic heterocycles. The summed E-state index contributed by atoms with van der Waals surface area (Å²) in [6, 6.07) is 16.3. The molecule has 1 aliphatic rings. The number of rotatable bonds is 4. The second-order valence-electron chi connectivity index (χ2n) is 7.38. The van der Waals surface area contributed by atoms with Crippen LogP contribution in [0.15, 0.2) is 71.7 Å². The zero-order chi connectivity index (χ0) is 24.5. The maximum absolute atomic E-state index is 13.3. The first-order chi connectivity index (χ1) is 16.1. The highest BCUT2D eigenvalue weighted by atomic mass is 35.5. The molecule has 3 aromatic carbocycles. The molecule has 0 bridgehead atoms. The van der Waals surface area contributed by atoms with Gasteiger partial charge in [-0.3, -0.25) is 14.6 Å². The van der Waals surface area contributed by atoms with Crippen molar-refractivity contribution >= 4 is 52.1 Å². The summed E-state index contributed by atoms with van der Waals surface area (Å²) in [7, 11) is 0. The van der Waals surface area contributed by atoms with Gasteiger partial charge >= 0.3 is 6.18 Å². The van der Waals surface area contributed by atoms with Crippen LogP contribution in [0.4, 0.5) is 24.5 Å². The van der Waals surface area contributed by atoms with Crippen molar-refractivity contribution < 1.29 is 22.8 Å². The molecule has 10 heteroatoms. The average molecular weight is 506 g/mol. The van der Waals surface area contributed by atoms with Gasteiger partial charge in [0.25, 0.3) is 0 Å². The molecule has 1 heterocycles. The lowest BCUT2D eigenvalue weighted by atomic mass is 10.00. The summed E-state index contributed by atoms with van der Waals surface area (Å²) >= 11 is 12.6. The van der Waals surface area contributed by atoms with E-state index in [1.54, 1.807) is 42.5 Å². The summed E-state index contributed by atoms with van der Waals surface area (Å²) in [4.78, 5) is 31.3. The lowest BCUT2D eigenvalue weighted by molar-refractivity contribution is -0.137. The van der Waals surface area contributed by atoms with E-state index in [-0.39, 0.29) is 6.54 Å². The Morgan fingerprint density at radius 1 is 1.00 bits per heavy atom. The fourth-order valence-corrected chi connectivity index (χ4v) is 4.01. The van der Waals surface area contributed by atoms with Gasteiger partial charge in [-0.15, -0.1) is 0 Å². The van der Waals surface area contributed by atoms with Gasteiger partial charge in [-0.25, -0.2) is 0 Å². The van der Waals surface area contributed by atoms with E-state index in [2.05, 4.69) is 10.3 Å². The molecule has 34 heavy (non-hydrogen) atoms. The molecule has 5 nitrogen and oxygen atoms in total. The Bertz CT molecular complexity index is 1310. The number of fused-ring (bicyclic) bond motifs is 1. The minimum Gasteiger partial charge on any atom is -0.324 e. The van der Waals surface area contributed by atoms with E-state index >= 15 is 0 Å². The molecule has 1 N–H and O–H groups in total. The van der Waals surface area contributed by atoms with Crippen LogP contribution in [-0.4, -0.2) is 30.6 Å².